The van der Waals surface area contributed by atoms with E-state index in [1.165, 1.54) is 53.2 Å². The van der Waals surface area contributed by atoms with Crippen molar-refractivity contribution in [3.05, 3.63) is 65.6 Å². The number of hydrogen-bond donors (Lipinski definition) is 1. The molecule has 2 aromatic carbocycles. The Kier molecular flexibility index (Phi) is 5.07. The average molecular weight is 395 g/mol. The zero-order chi connectivity index (χ0) is 19.8. The summed E-state index contributed by atoms with van der Waals surface area (Å²) in [5.74, 6) is -0.567. The number of benzene rings is 2. The smallest absolute Gasteiger partial charge is 0.282 e. The predicted molar refractivity (Wildman–Crippen MR) is 94.9 cm³/mol. The maximum absolute atomic E-state index is 14.1. The Bertz CT molecular complexity index is 1080. The monoisotopic (exact) mass is 395 g/mol. The molecule has 0 bridgehead atoms. The van der Waals surface area contributed by atoms with Crippen molar-refractivity contribution in [1.29, 1.82) is 0 Å². The van der Waals surface area contributed by atoms with E-state index in [9.17, 15) is 21.6 Å². The van der Waals surface area contributed by atoms with Crippen molar-refractivity contribution in [3.63, 3.8) is 0 Å². The molecule has 0 spiro atoms. The lowest BCUT2D eigenvalue weighted by Gasteiger charge is -2.10. The molecule has 0 aliphatic rings. The second-order valence-corrected chi connectivity index (χ2v) is 7.96. The largest absolute Gasteiger partial charge is 0.326 e. The van der Waals surface area contributed by atoms with Crippen molar-refractivity contribution >= 4 is 9.84 Å². The van der Waals surface area contributed by atoms with Gasteiger partial charge in [0.2, 0.25) is 0 Å². The van der Waals surface area contributed by atoms with E-state index in [0.717, 1.165) is 6.26 Å². The summed E-state index contributed by atoms with van der Waals surface area (Å²) in [7, 11) is -3.39. The van der Waals surface area contributed by atoms with Crippen LogP contribution < -0.4 is 5.73 Å². The van der Waals surface area contributed by atoms with Crippen LogP contribution in [0.2, 0.25) is 0 Å². The van der Waals surface area contributed by atoms with Gasteiger partial charge < -0.3 is 5.73 Å². The molecule has 0 saturated carbocycles. The van der Waals surface area contributed by atoms with Gasteiger partial charge in [0.1, 0.15) is 11.5 Å². The highest BCUT2D eigenvalue weighted by Gasteiger charge is 2.19. The molecule has 0 fully saturated rings. The molecular formula is C18H16F3N3O2S. The topological polar surface area (TPSA) is 78.0 Å². The van der Waals surface area contributed by atoms with E-state index in [4.69, 9.17) is 5.73 Å². The van der Waals surface area contributed by atoms with Crippen LogP contribution in [0.15, 0.2) is 53.4 Å². The van der Waals surface area contributed by atoms with Crippen LogP contribution in [-0.2, 0) is 16.4 Å². The van der Waals surface area contributed by atoms with E-state index in [1.807, 2.05) is 0 Å². The van der Waals surface area contributed by atoms with Crippen molar-refractivity contribution in [3.8, 4) is 16.9 Å². The maximum Gasteiger partial charge on any atom is 0.282 e. The first-order valence-corrected chi connectivity index (χ1v) is 9.77. The third kappa shape index (κ3) is 3.88. The third-order valence-electron chi connectivity index (χ3n) is 4.03. The van der Waals surface area contributed by atoms with Crippen LogP contribution in [0.1, 0.15) is 17.7 Å². The SMILES string of the molecule is CS(=O)(=O)c1ccc(-c2cc(C(F)F)nn2-c2ccc(CN)c(F)c2)cc1. The molecule has 9 heteroatoms. The summed E-state index contributed by atoms with van der Waals surface area (Å²) in [6.45, 7) is 0.00726. The second-order valence-electron chi connectivity index (χ2n) is 5.94. The molecule has 0 radical (unpaired) electrons. The minimum atomic E-state index is -3.39. The molecule has 0 saturated heterocycles. The van der Waals surface area contributed by atoms with Crippen LogP contribution in [0, 0.1) is 5.82 Å². The Balaban J connectivity index is 2.14. The number of nitrogens with zero attached hydrogens (tertiary/aromatic N) is 2. The van der Waals surface area contributed by atoms with Crippen LogP contribution in [0.3, 0.4) is 0 Å². The average Bonchev–Trinajstić information content (AvgIpc) is 3.06. The minimum Gasteiger partial charge on any atom is -0.326 e. The summed E-state index contributed by atoms with van der Waals surface area (Å²) in [6.07, 6.45) is -1.74. The molecule has 1 heterocycles. The van der Waals surface area contributed by atoms with Gasteiger partial charge in [-0.1, -0.05) is 18.2 Å². The Morgan fingerprint density at radius 2 is 1.78 bits per heavy atom. The number of halogens is 3. The molecular weight excluding hydrogens is 379 g/mol. The quantitative estimate of drug-likeness (QED) is 0.718. The van der Waals surface area contributed by atoms with Crippen molar-refractivity contribution in [1.82, 2.24) is 9.78 Å². The first-order chi connectivity index (χ1) is 12.7. The highest BCUT2D eigenvalue weighted by atomic mass is 32.2. The predicted octanol–water partition coefficient (Wildman–Crippen LogP) is 3.48. The molecule has 2 N–H and O–H groups in total. The molecule has 0 amide bonds. The van der Waals surface area contributed by atoms with Crippen LogP contribution in [-0.4, -0.2) is 24.5 Å². The van der Waals surface area contributed by atoms with Crippen molar-refractivity contribution < 1.29 is 21.6 Å². The number of rotatable bonds is 5. The van der Waals surface area contributed by atoms with Crippen molar-refractivity contribution in [2.75, 3.05) is 6.26 Å². The summed E-state index contributed by atoms with van der Waals surface area (Å²) in [6, 6.07) is 11.1. The first kappa shape index (κ1) is 19.1. The van der Waals surface area contributed by atoms with Gasteiger partial charge in [-0.05, 0) is 30.3 Å². The van der Waals surface area contributed by atoms with Gasteiger partial charge in [0, 0.05) is 23.9 Å². The lowest BCUT2D eigenvalue weighted by molar-refractivity contribution is 0.145. The molecule has 0 aliphatic heterocycles. The number of aromatic nitrogens is 2. The molecule has 5 nitrogen and oxygen atoms in total. The first-order valence-electron chi connectivity index (χ1n) is 7.88. The second kappa shape index (κ2) is 7.16. The van der Waals surface area contributed by atoms with Crippen LogP contribution in [0.25, 0.3) is 16.9 Å². The molecule has 0 unspecified atom stereocenters. The number of alkyl halides is 2. The Hall–Kier alpha value is -2.65. The van der Waals surface area contributed by atoms with E-state index < -0.39 is 27.8 Å². The van der Waals surface area contributed by atoms with Crippen LogP contribution in [0.4, 0.5) is 13.2 Å². The van der Waals surface area contributed by atoms with E-state index in [0.29, 0.717) is 11.1 Å². The molecule has 27 heavy (non-hydrogen) atoms. The summed E-state index contributed by atoms with van der Waals surface area (Å²) in [5.41, 5.74) is 6.26. The van der Waals surface area contributed by atoms with Crippen molar-refractivity contribution in [2.24, 2.45) is 5.73 Å². The van der Waals surface area contributed by atoms with Gasteiger partial charge in [-0.3, -0.25) is 0 Å². The zero-order valence-electron chi connectivity index (χ0n) is 14.2. The summed E-state index contributed by atoms with van der Waals surface area (Å²) < 4.78 is 64.8. The van der Waals surface area contributed by atoms with Crippen LogP contribution >= 0.6 is 0 Å². The Labute approximate surface area is 154 Å². The summed E-state index contributed by atoms with van der Waals surface area (Å²) >= 11 is 0. The molecule has 3 aromatic rings. The van der Waals surface area contributed by atoms with Gasteiger partial charge in [0.15, 0.2) is 9.84 Å². The third-order valence-corrected chi connectivity index (χ3v) is 5.16. The van der Waals surface area contributed by atoms with Gasteiger partial charge in [-0.25, -0.2) is 26.3 Å². The highest BCUT2D eigenvalue weighted by Crippen LogP contribution is 2.29. The normalized spacial score (nSPS) is 11.9. The molecule has 3 rings (SSSR count). The summed E-state index contributed by atoms with van der Waals surface area (Å²) in [5, 5.41) is 3.87. The highest BCUT2D eigenvalue weighted by molar-refractivity contribution is 7.90. The van der Waals surface area contributed by atoms with E-state index in [2.05, 4.69) is 5.10 Å². The van der Waals surface area contributed by atoms with E-state index >= 15 is 0 Å². The fourth-order valence-corrected chi connectivity index (χ4v) is 3.25. The fraction of sp³-hybridized carbons (Fsp3) is 0.167. The number of nitrogens with two attached hydrogens (primary N) is 1. The maximum atomic E-state index is 14.1. The molecule has 1 aromatic heterocycles. The van der Waals surface area contributed by atoms with E-state index in [1.54, 1.807) is 0 Å². The van der Waals surface area contributed by atoms with Gasteiger partial charge in [-0.2, -0.15) is 5.10 Å². The van der Waals surface area contributed by atoms with Gasteiger partial charge >= 0.3 is 0 Å². The molecule has 0 atom stereocenters. The summed E-state index contributed by atoms with van der Waals surface area (Å²) in [4.78, 5) is 0.102. The number of sulfone groups is 1. The molecule has 142 valence electrons. The van der Waals surface area contributed by atoms with E-state index in [-0.39, 0.29) is 22.8 Å². The van der Waals surface area contributed by atoms with Gasteiger partial charge in [-0.15, -0.1) is 0 Å². The molecule has 0 aliphatic carbocycles. The lowest BCUT2D eigenvalue weighted by atomic mass is 10.1. The van der Waals surface area contributed by atoms with Crippen molar-refractivity contribution in [2.45, 2.75) is 17.9 Å². The Morgan fingerprint density at radius 1 is 1.11 bits per heavy atom. The van der Waals surface area contributed by atoms with Crippen LogP contribution in [0.5, 0.6) is 0 Å². The lowest BCUT2D eigenvalue weighted by Crippen LogP contribution is -2.04. The Morgan fingerprint density at radius 3 is 2.30 bits per heavy atom. The fourth-order valence-electron chi connectivity index (χ4n) is 2.61. The van der Waals surface area contributed by atoms with Gasteiger partial charge in [0.25, 0.3) is 6.43 Å². The zero-order valence-corrected chi connectivity index (χ0v) is 15.1. The number of hydrogen-bond acceptors (Lipinski definition) is 4. The van der Waals surface area contributed by atoms with Gasteiger partial charge in [0.05, 0.1) is 16.3 Å². The minimum absolute atomic E-state index is 0.00726. The standard InChI is InChI=1S/C18H16F3N3O2S/c1-27(25,26)14-6-3-11(4-7-14)17-9-16(18(20)21)23-24(17)13-5-2-12(10-22)15(19)8-13/h2-9,18H,10,22H2,1H3.